The van der Waals surface area contributed by atoms with Gasteiger partial charge in [0.1, 0.15) is 11.6 Å². The van der Waals surface area contributed by atoms with Crippen LogP contribution in [0.3, 0.4) is 0 Å². The first-order valence-corrected chi connectivity index (χ1v) is 8.03. The average Bonchev–Trinajstić information content (AvgIpc) is 2.38. The van der Waals surface area contributed by atoms with E-state index in [1.54, 1.807) is 19.1 Å². The highest BCUT2D eigenvalue weighted by molar-refractivity contribution is 7.92. The van der Waals surface area contributed by atoms with E-state index in [4.69, 9.17) is 0 Å². The van der Waals surface area contributed by atoms with E-state index in [1.807, 2.05) is 6.92 Å². The number of ketones is 1. The van der Waals surface area contributed by atoms with Gasteiger partial charge in [-0.1, -0.05) is 17.7 Å². The van der Waals surface area contributed by atoms with Gasteiger partial charge in [0.25, 0.3) is 0 Å². The largest absolute Gasteiger partial charge is 0.293 e. The van der Waals surface area contributed by atoms with Crippen molar-refractivity contribution >= 4 is 15.6 Å². The zero-order chi connectivity index (χ0) is 15.6. The average molecular weight is 306 g/mol. The highest BCUT2D eigenvalue weighted by Gasteiger charge is 2.22. The second-order valence-corrected chi connectivity index (χ2v) is 6.92. The van der Waals surface area contributed by atoms with E-state index < -0.39 is 27.2 Å². The van der Waals surface area contributed by atoms with Gasteiger partial charge in [-0.25, -0.2) is 12.8 Å². The summed E-state index contributed by atoms with van der Waals surface area (Å²) < 4.78 is 37.5. The number of sulfone groups is 1. The minimum Gasteiger partial charge on any atom is -0.293 e. The topological polar surface area (TPSA) is 51.2 Å². The summed E-state index contributed by atoms with van der Waals surface area (Å²) in [5, 5.41) is 0. The molecule has 0 N–H and O–H groups in total. The van der Waals surface area contributed by atoms with E-state index in [0.29, 0.717) is 5.56 Å². The van der Waals surface area contributed by atoms with Gasteiger partial charge in [-0.05, 0) is 49.7 Å². The van der Waals surface area contributed by atoms with Crippen molar-refractivity contribution in [3.8, 4) is 0 Å². The summed E-state index contributed by atoms with van der Waals surface area (Å²) in [4.78, 5) is 12.2. The van der Waals surface area contributed by atoms with Crippen molar-refractivity contribution in [3.63, 3.8) is 0 Å². The number of aryl methyl sites for hydroxylation is 2. The van der Waals surface area contributed by atoms with Gasteiger partial charge >= 0.3 is 0 Å². The molecule has 2 aromatic rings. The summed E-state index contributed by atoms with van der Waals surface area (Å²) in [6.45, 7) is 3.56. The van der Waals surface area contributed by atoms with E-state index in [0.717, 1.165) is 17.7 Å². The Bertz CT molecular complexity index is 778. The van der Waals surface area contributed by atoms with Crippen LogP contribution in [0.1, 0.15) is 21.5 Å². The number of hydrogen-bond donors (Lipinski definition) is 0. The lowest BCUT2D eigenvalue weighted by atomic mass is 10.1. The van der Waals surface area contributed by atoms with Crippen molar-refractivity contribution in [1.29, 1.82) is 0 Å². The SMILES string of the molecule is Cc1ccc(S(=O)(=O)CC(=O)c2ccc(F)cc2)c(C)c1. The maximum atomic E-state index is 12.8. The van der Waals surface area contributed by atoms with Crippen LogP contribution >= 0.6 is 0 Å². The molecule has 3 nitrogen and oxygen atoms in total. The Balaban J connectivity index is 2.29. The fourth-order valence-electron chi connectivity index (χ4n) is 2.12. The van der Waals surface area contributed by atoms with Gasteiger partial charge in [-0.15, -0.1) is 0 Å². The molecule has 0 aliphatic heterocycles. The summed E-state index contributed by atoms with van der Waals surface area (Å²) in [7, 11) is -3.71. The van der Waals surface area contributed by atoms with Crippen LogP contribution in [-0.2, 0) is 9.84 Å². The minimum absolute atomic E-state index is 0.156. The first-order valence-electron chi connectivity index (χ1n) is 6.38. The molecule has 0 amide bonds. The van der Waals surface area contributed by atoms with Crippen LogP contribution in [0.2, 0.25) is 0 Å². The Labute approximate surface area is 123 Å². The molecule has 0 atom stereocenters. The van der Waals surface area contributed by atoms with Crippen LogP contribution in [0.4, 0.5) is 4.39 Å². The molecule has 0 saturated heterocycles. The number of carbonyl (C=O) groups is 1. The lowest BCUT2D eigenvalue weighted by Crippen LogP contribution is -2.17. The predicted octanol–water partition coefficient (Wildman–Crippen LogP) is 3.10. The van der Waals surface area contributed by atoms with Crippen LogP contribution < -0.4 is 0 Å². The fourth-order valence-corrected chi connectivity index (χ4v) is 3.61. The molecule has 0 radical (unpaired) electrons. The Hall–Kier alpha value is -2.01. The summed E-state index contributed by atoms with van der Waals surface area (Å²) in [6.07, 6.45) is 0. The molecule has 21 heavy (non-hydrogen) atoms. The Morgan fingerprint density at radius 2 is 1.67 bits per heavy atom. The van der Waals surface area contributed by atoms with E-state index in [-0.39, 0.29) is 10.5 Å². The van der Waals surface area contributed by atoms with Gasteiger partial charge in [-0.3, -0.25) is 4.79 Å². The zero-order valence-electron chi connectivity index (χ0n) is 11.8. The minimum atomic E-state index is -3.71. The molecule has 0 aliphatic rings. The molecule has 5 heteroatoms. The number of Topliss-reactive ketones (excluding diaryl/α,β-unsaturated/α-hetero) is 1. The predicted molar refractivity (Wildman–Crippen MR) is 78.7 cm³/mol. The molecule has 0 unspecified atom stereocenters. The maximum Gasteiger partial charge on any atom is 0.186 e. The summed E-state index contributed by atoms with van der Waals surface area (Å²) in [5.74, 6) is -1.64. The summed E-state index contributed by atoms with van der Waals surface area (Å²) >= 11 is 0. The van der Waals surface area contributed by atoms with Gasteiger partial charge in [0, 0.05) is 5.56 Å². The molecule has 0 heterocycles. The third-order valence-corrected chi connectivity index (χ3v) is 4.92. The van der Waals surface area contributed by atoms with Crippen LogP contribution in [0.25, 0.3) is 0 Å². The Kier molecular flexibility index (Phi) is 4.23. The molecular formula is C16H15FO3S. The molecule has 0 bridgehead atoms. The molecule has 2 aromatic carbocycles. The lowest BCUT2D eigenvalue weighted by molar-refractivity contribution is 0.102. The van der Waals surface area contributed by atoms with Gasteiger partial charge in [0.15, 0.2) is 15.6 Å². The van der Waals surface area contributed by atoms with Gasteiger partial charge in [0.05, 0.1) is 4.90 Å². The number of benzene rings is 2. The maximum absolute atomic E-state index is 12.8. The Morgan fingerprint density at radius 3 is 2.24 bits per heavy atom. The quantitative estimate of drug-likeness (QED) is 0.816. The third-order valence-electron chi connectivity index (χ3n) is 3.15. The molecule has 0 saturated carbocycles. The van der Waals surface area contributed by atoms with Gasteiger partial charge in [0.2, 0.25) is 0 Å². The van der Waals surface area contributed by atoms with Gasteiger partial charge in [-0.2, -0.15) is 0 Å². The molecular weight excluding hydrogens is 291 g/mol. The third kappa shape index (κ3) is 3.55. The van der Waals surface area contributed by atoms with E-state index in [1.165, 1.54) is 18.2 Å². The number of carbonyl (C=O) groups excluding carboxylic acids is 1. The second kappa shape index (κ2) is 5.77. The number of rotatable bonds is 4. The van der Waals surface area contributed by atoms with Gasteiger partial charge < -0.3 is 0 Å². The monoisotopic (exact) mass is 306 g/mol. The van der Waals surface area contributed by atoms with E-state index in [2.05, 4.69) is 0 Å². The van der Waals surface area contributed by atoms with Crippen molar-refractivity contribution in [1.82, 2.24) is 0 Å². The summed E-state index contributed by atoms with van der Waals surface area (Å²) in [5.41, 5.74) is 1.75. The molecule has 0 aliphatic carbocycles. The molecule has 110 valence electrons. The number of halogens is 1. The van der Waals surface area contributed by atoms with Crippen molar-refractivity contribution < 1.29 is 17.6 Å². The lowest BCUT2D eigenvalue weighted by Gasteiger charge is -2.08. The Morgan fingerprint density at radius 1 is 1.05 bits per heavy atom. The molecule has 2 rings (SSSR count). The zero-order valence-corrected chi connectivity index (χ0v) is 12.6. The fraction of sp³-hybridized carbons (Fsp3) is 0.188. The standard InChI is InChI=1S/C16H15FO3S/c1-11-3-8-16(12(2)9-11)21(19,20)10-15(18)13-4-6-14(17)7-5-13/h3-9H,10H2,1-2H3. The highest BCUT2D eigenvalue weighted by atomic mass is 32.2. The van der Waals surface area contributed by atoms with Crippen molar-refractivity contribution in [3.05, 3.63) is 65.0 Å². The first-order chi connectivity index (χ1) is 9.79. The van der Waals surface area contributed by atoms with Crippen LogP contribution in [0.5, 0.6) is 0 Å². The molecule has 0 aromatic heterocycles. The van der Waals surface area contributed by atoms with Crippen molar-refractivity contribution in [2.45, 2.75) is 18.7 Å². The normalized spacial score (nSPS) is 11.4. The van der Waals surface area contributed by atoms with Crippen LogP contribution in [-0.4, -0.2) is 20.0 Å². The second-order valence-electron chi connectivity index (χ2n) is 4.96. The smallest absolute Gasteiger partial charge is 0.186 e. The van der Waals surface area contributed by atoms with Crippen molar-refractivity contribution in [2.24, 2.45) is 0 Å². The molecule has 0 fully saturated rings. The van der Waals surface area contributed by atoms with E-state index in [9.17, 15) is 17.6 Å². The molecule has 0 spiro atoms. The number of hydrogen-bond acceptors (Lipinski definition) is 3. The van der Waals surface area contributed by atoms with Crippen molar-refractivity contribution in [2.75, 3.05) is 5.75 Å². The van der Waals surface area contributed by atoms with Crippen LogP contribution in [0, 0.1) is 19.7 Å². The highest BCUT2D eigenvalue weighted by Crippen LogP contribution is 2.19. The summed E-state index contributed by atoms with van der Waals surface area (Å²) in [6, 6.07) is 9.81. The first kappa shape index (κ1) is 15.4. The van der Waals surface area contributed by atoms with E-state index >= 15 is 0 Å². The van der Waals surface area contributed by atoms with Crippen LogP contribution in [0.15, 0.2) is 47.4 Å².